The fourth-order valence-corrected chi connectivity index (χ4v) is 4.62. The van der Waals surface area contributed by atoms with Crippen LogP contribution in [0.2, 0.25) is 20.1 Å². The highest BCUT2D eigenvalue weighted by Crippen LogP contribution is 2.39. The Morgan fingerprint density at radius 3 is 2.38 bits per heavy atom. The topological polar surface area (TPSA) is 30.5 Å². The highest BCUT2D eigenvalue weighted by molar-refractivity contribution is 6.42. The Morgan fingerprint density at radius 1 is 0.844 bits per heavy atom. The predicted molar refractivity (Wildman–Crippen MR) is 132 cm³/mol. The standard InChI is InChI=1S/C25H23Cl4NO2/c26-20-8-6-19(7-9-20)25(32-16-18-3-1-2-4-21(18)27)11-12-30-14-24(25)31-15-17-5-10-22(28)23(29)13-17/h1-10,13,24,30H,11-12,14-16H2/t24-,25-/m0/s1. The van der Waals surface area contributed by atoms with Gasteiger partial charge in [0.25, 0.3) is 0 Å². The lowest BCUT2D eigenvalue weighted by Crippen LogP contribution is -2.54. The maximum absolute atomic E-state index is 6.67. The molecule has 3 aromatic rings. The number of piperidine rings is 1. The molecular formula is C25H23Cl4NO2. The van der Waals surface area contributed by atoms with Crippen LogP contribution in [0.25, 0.3) is 0 Å². The molecule has 2 atom stereocenters. The van der Waals surface area contributed by atoms with Crippen molar-refractivity contribution < 1.29 is 9.47 Å². The first kappa shape index (κ1) is 23.8. The third-order valence-corrected chi connectivity index (χ3v) is 7.09. The van der Waals surface area contributed by atoms with Crippen LogP contribution in [0.15, 0.2) is 66.7 Å². The molecule has 0 spiro atoms. The summed E-state index contributed by atoms with van der Waals surface area (Å²) in [4.78, 5) is 0. The van der Waals surface area contributed by atoms with Crippen molar-refractivity contribution in [2.24, 2.45) is 0 Å². The monoisotopic (exact) mass is 509 g/mol. The molecule has 0 aromatic heterocycles. The van der Waals surface area contributed by atoms with Crippen LogP contribution >= 0.6 is 46.4 Å². The van der Waals surface area contributed by atoms with E-state index in [0.717, 1.165) is 29.7 Å². The summed E-state index contributed by atoms with van der Waals surface area (Å²) in [5, 5.41) is 5.82. The van der Waals surface area contributed by atoms with Gasteiger partial charge in [-0.25, -0.2) is 0 Å². The quantitative estimate of drug-likeness (QED) is 0.362. The van der Waals surface area contributed by atoms with Gasteiger partial charge in [0.2, 0.25) is 0 Å². The minimum absolute atomic E-state index is 0.241. The van der Waals surface area contributed by atoms with Gasteiger partial charge in [0.1, 0.15) is 11.7 Å². The van der Waals surface area contributed by atoms with E-state index in [1.54, 1.807) is 6.07 Å². The van der Waals surface area contributed by atoms with Gasteiger partial charge in [-0.3, -0.25) is 0 Å². The molecule has 1 aliphatic rings. The minimum atomic E-state index is -0.661. The van der Waals surface area contributed by atoms with Crippen molar-refractivity contribution in [1.29, 1.82) is 0 Å². The molecule has 0 radical (unpaired) electrons. The zero-order chi connectivity index (χ0) is 22.6. The lowest BCUT2D eigenvalue weighted by molar-refractivity contribution is -0.176. The Hall–Kier alpha value is -1.30. The average Bonchev–Trinajstić information content (AvgIpc) is 2.80. The first-order valence-electron chi connectivity index (χ1n) is 10.4. The van der Waals surface area contributed by atoms with Crippen molar-refractivity contribution in [3.05, 3.63) is 104 Å². The fraction of sp³-hybridized carbons (Fsp3) is 0.280. The van der Waals surface area contributed by atoms with Gasteiger partial charge < -0.3 is 14.8 Å². The largest absolute Gasteiger partial charge is 0.369 e. The van der Waals surface area contributed by atoms with E-state index in [2.05, 4.69) is 5.32 Å². The Bertz CT molecular complexity index is 1060. The van der Waals surface area contributed by atoms with Crippen LogP contribution in [-0.2, 0) is 28.3 Å². The Morgan fingerprint density at radius 2 is 1.62 bits per heavy atom. The van der Waals surface area contributed by atoms with E-state index >= 15 is 0 Å². The fourth-order valence-electron chi connectivity index (χ4n) is 3.99. The van der Waals surface area contributed by atoms with E-state index in [0.29, 0.717) is 39.8 Å². The second-order valence-electron chi connectivity index (χ2n) is 7.78. The lowest BCUT2D eigenvalue weighted by Gasteiger charge is -2.44. The summed E-state index contributed by atoms with van der Waals surface area (Å²) in [7, 11) is 0. The lowest BCUT2D eigenvalue weighted by atomic mass is 9.82. The van der Waals surface area contributed by atoms with Crippen molar-refractivity contribution in [3.63, 3.8) is 0 Å². The molecule has 1 aliphatic heterocycles. The molecule has 0 unspecified atom stereocenters. The molecule has 32 heavy (non-hydrogen) atoms. The summed E-state index contributed by atoms with van der Waals surface area (Å²) in [6, 6.07) is 21.0. The molecular weight excluding hydrogens is 488 g/mol. The molecule has 0 aliphatic carbocycles. The summed E-state index contributed by atoms with van der Waals surface area (Å²) >= 11 is 24.8. The molecule has 7 heteroatoms. The smallest absolute Gasteiger partial charge is 0.122 e. The molecule has 1 N–H and O–H groups in total. The van der Waals surface area contributed by atoms with E-state index in [-0.39, 0.29) is 6.10 Å². The normalized spacial score (nSPS) is 20.9. The Kier molecular flexibility index (Phi) is 8.01. The second-order valence-corrected chi connectivity index (χ2v) is 9.44. The third-order valence-electron chi connectivity index (χ3n) is 5.73. The summed E-state index contributed by atoms with van der Waals surface area (Å²) in [6.07, 6.45) is 0.500. The molecule has 3 nitrogen and oxygen atoms in total. The summed E-state index contributed by atoms with van der Waals surface area (Å²) in [6.45, 7) is 2.20. The number of rotatable bonds is 7. The van der Waals surface area contributed by atoms with E-state index < -0.39 is 5.60 Å². The van der Waals surface area contributed by atoms with Gasteiger partial charge in [-0.05, 0) is 60.0 Å². The van der Waals surface area contributed by atoms with E-state index in [1.807, 2.05) is 60.7 Å². The summed E-state index contributed by atoms with van der Waals surface area (Å²) < 4.78 is 13.1. The van der Waals surface area contributed by atoms with Crippen molar-refractivity contribution in [1.82, 2.24) is 5.32 Å². The molecule has 0 saturated carbocycles. The van der Waals surface area contributed by atoms with Crippen LogP contribution in [0.3, 0.4) is 0 Å². The van der Waals surface area contributed by atoms with Crippen LogP contribution in [0.1, 0.15) is 23.1 Å². The molecule has 168 valence electrons. The van der Waals surface area contributed by atoms with Gasteiger partial charge in [-0.15, -0.1) is 0 Å². The van der Waals surface area contributed by atoms with E-state index in [4.69, 9.17) is 55.9 Å². The number of nitrogens with one attached hydrogen (secondary N) is 1. The van der Waals surface area contributed by atoms with Crippen LogP contribution in [-0.4, -0.2) is 19.2 Å². The molecule has 0 bridgehead atoms. The van der Waals surface area contributed by atoms with Crippen LogP contribution in [0.5, 0.6) is 0 Å². The molecule has 1 saturated heterocycles. The molecule has 0 amide bonds. The van der Waals surface area contributed by atoms with Gasteiger partial charge in [-0.1, -0.05) is 82.8 Å². The number of hydrogen-bond donors (Lipinski definition) is 1. The Labute approximate surface area is 208 Å². The molecule has 3 aromatic carbocycles. The van der Waals surface area contributed by atoms with Crippen LogP contribution in [0, 0.1) is 0 Å². The maximum atomic E-state index is 6.67. The molecule has 1 fully saturated rings. The van der Waals surface area contributed by atoms with E-state index in [1.165, 1.54) is 0 Å². The number of hydrogen-bond acceptors (Lipinski definition) is 3. The predicted octanol–water partition coefficient (Wildman–Crippen LogP) is 7.29. The summed E-state index contributed by atoms with van der Waals surface area (Å²) in [5.41, 5.74) is 2.24. The zero-order valence-electron chi connectivity index (χ0n) is 17.3. The summed E-state index contributed by atoms with van der Waals surface area (Å²) in [5.74, 6) is 0. The van der Waals surface area contributed by atoms with Crippen LogP contribution in [0.4, 0.5) is 0 Å². The van der Waals surface area contributed by atoms with Gasteiger partial charge in [0.05, 0.1) is 23.3 Å². The average molecular weight is 511 g/mol. The molecule has 4 rings (SSSR count). The van der Waals surface area contributed by atoms with Gasteiger partial charge in [0.15, 0.2) is 0 Å². The highest BCUT2D eigenvalue weighted by atomic mass is 35.5. The first-order chi connectivity index (χ1) is 15.5. The number of ether oxygens (including phenoxy) is 2. The number of benzene rings is 3. The van der Waals surface area contributed by atoms with Gasteiger partial charge in [-0.2, -0.15) is 0 Å². The second kappa shape index (κ2) is 10.8. The maximum Gasteiger partial charge on any atom is 0.122 e. The van der Waals surface area contributed by atoms with Crippen molar-refractivity contribution in [3.8, 4) is 0 Å². The van der Waals surface area contributed by atoms with Gasteiger partial charge in [0, 0.05) is 16.6 Å². The highest BCUT2D eigenvalue weighted by Gasteiger charge is 2.44. The van der Waals surface area contributed by atoms with Crippen molar-refractivity contribution in [2.45, 2.75) is 31.3 Å². The van der Waals surface area contributed by atoms with E-state index in [9.17, 15) is 0 Å². The van der Waals surface area contributed by atoms with Crippen LogP contribution < -0.4 is 5.32 Å². The van der Waals surface area contributed by atoms with Gasteiger partial charge >= 0.3 is 0 Å². The SMILES string of the molecule is Clc1ccc([C@@]2(OCc3ccccc3Cl)CCNC[C@@H]2OCc2ccc(Cl)c(Cl)c2)cc1. The van der Waals surface area contributed by atoms with Crippen molar-refractivity contribution >= 4 is 46.4 Å². The van der Waals surface area contributed by atoms with Crippen molar-refractivity contribution in [2.75, 3.05) is 13.1 Å². The molecule has 1 heterocycles. The first-order valence-corrected chi connectivity index (χ1v) is 11.9. The minimum Gasteiger partial charge on any atom is -0.369 e. The number of halogens is 4. The zero-order valence-corrected chi connectivity index (χ0v) is 20.3. The Balaban J connectivity index is 1.62. The third kappa shape index (κ3) is 5.43.